The Labute approximate surface area is 156 Å². The van der Waals surface area contributed by atoms with E-state index in [0.29, 0.717) is 5.56 Å². The fourth-order valence-electron chi connectivity index (χ4n) is 2.86. The molecular formula is C20H20O7. The van der Waals surface area contributed by atoms with Crippen LogP contribution in [0, 0.1) is 0 Å². The van der Waals surface area contributed by atoms with Gasteiger partial charge in [0.05, 0.1) is 11.1 Å². The van der Waals surface area contributed by atoms with E-state index in [4.69, 9.17) is 14.2 Å². The number of aliphatic hydroxyl groups excluding tert-OH is 2. The molecule has 0 bridgehead atoms. The Balaban J connectivity index is 1.71. The smallest absolute Gasteiger partial charge is 0.338 e. The zero-order chi connectivity index (χ0) is 19.4. The molecule has 2 N–H and O–H groups in total. The summed E-state index contributed by atoms with van der Waals surface area (Å²) in [5, 5.41) is 20.0. The predicted molar refractivity (Wildman–Crippen MR) is 93.9 cm³/mol. The first-order chi connectivity index (χ1) is 12.9. The maximum absolute atomic E-state index is 12.3. The van der Waals surface area contributed by atoms with E-state index < -0.39 is 36.0 Å². The third kappa shape index (κ3) is 4.16. The summed E-state index contributed by atoms with van der Waals surface area (Å²) >= 11 is 0. The van der Waals surface area contributed by atoms with Crippen molar-refractivity contribution in [1.29, 1.82) is 0 Å². The van der Waals surface area contributed by atoms with Gasteiger partial charge < -0.3 is 24.4 Å². The van der Waals surface area contributed by atoms with E-state index in [9.17, 15) is 19.8 Å². The van der Waals surface area contributed by atoms with Gasteiger partial charge in [-0.25, -0.2) is 9.59 Å². The molecule has 7 heteroatoms. The standard InChI is InChI=1S/C20H20O7/c1-20(12-25-17(22)13-8-4-2-5-9-13)16(15(21)19(24)27-20)26-18(23)14-10-6-3-7-11-14/h2-11,15-16,19,21,24H,12H2,1H3/t15-,16+,19+,20-/m1/s1. The number of aliphatic hydroxyl groups is 2. The van der Waals surface area contributed by atoms with Crippen LogP contribution >= 0.6 is 0 Å². The third-order valence-corrected chi connectivity index (χ3v) is 4.34. The van der Waals surface area contributed by atoms with Crippen molar-refractivity contribution in [2.45, 2.75) is 31.0 Å². The van der Waals surface area contributed by atoms with E-state index >= 15 is 0 Å². The zero-order valence-electron chi connectivity index (χ0n) is 14.6. The normalized spacial score (nSPS) is 27.1. The summed E-state index contributed by atoms with van der Waals surface area (Å²) in [5.41, 5.74) is -0.777. The number of hydrogen-bond acceptors (Lipinski definition) is 7. The third-order valence-electron chi connectivity index (χ3n) is 4.34. The van der Waals surface area contributed by atoms with Crippen LogP contribution in [0.4, 0.5) is 0 Å². The van der Waals surface area contributed by atoms with Gasteiger partial charge in [0.1, 0.15) is 18.3 Å². The number of benzene rings is 2. The highest BCUT2D eigenvalue weighted by atomic mass is 16.7. The molecule has 1 heterocycles. The molecule has 27 heavy (non-hydrogen) atoms. The van der Waals surface area contributed by atoms with E-state index in [2.05, 4.69) is 0 Å². The summed E-state index contributed by atoms with van der Waals surface area (Å²) in [6.45, 7) is 1.18. The molecule has 4 atom stereocenters. The number of ether oxygens (including phenoxy) is 3. The summed E-state index contributed by atoms with van der Waals surface area (Å²) in [5.74, 6) is -1.28. The summed E-state index contributed by atoms with van der Waals surface area (Å²) in [6, 6.07) is 16.6. The molecule has 142 valence electrons. The summed E-state index contributed by atoms with van der Waals surface area (Å²) in [7, 11) is 0. The molecule has 1 aliphatic rings. The monoisotopic (exact) mass is 372 g/mol. The van der Waals surface area contributed by atoms with Gasteiger partial charge in [-0.1, -0.05) is 36.4 Å². The Morgan fingerprint density at radius 3 is 2.04 bits per heavy atom. The highest BCUT2D eigenvalue weighted by Crippen LogP contribution is 2.33. The van der Waals surface area contributed by atoms with Gasteiger partial charge in [0, 0.05) is 0 Å². The van der Waals surface area contributed by atoms with Crippen molar-refractivity contribution in [2.24, 2.45) is 0 Å². The van der Waals surface area contributed by atoms with Crippen molar-refractivity contribution in [3.05, 3.63) is 71.8 Å². The second-order valence-electron chi connectivity index (χ2n) is 6.45. The first-order valence-corrected chi connectivity index (χ1v) is 8.43. The van der Waals surface area contributed by atoms with Crippen molar-refractivity contribution in [2.75, 3.05) is 6.61 Å². The van der Waals surface area contributed by atoms with Gasteiger partial charge in [-0.3, -0.25) is 0 Å². The maximum Gasteiger partial charge on any atom is 0.338 e. The Morgan fingerprint density at radius 2 is 1.48 bits per heavy atom. The van der Waals surface area contributed by atoms with Gasteiger partial charge >= 0.3 is 11.9 Å². The average Bonchev–Trinajstić information content (AvgIpc) is 2.91. The second-order valence-corrected chi connectivity index (χ2v) is 6.45. The highest BCUT2D eigenvalue weighted by molar-refractivity contribution is 5.90. The lowest BCUT2D eigenvalue weighted by Crippen LogP contribution is -2.47. The predicted octanol–water partition coefficient (Wildman–Crippen LogP) is 1.54. The molecule has 1 fully saturated rings. The Morgan fingerprint density at radius 1 is 0.963 bits per heavy atom. The molecule has 3 rings (SSSR count). The number of hydrogen-bond donors (Lipinski definition) is 2. The van der Waals surface area contributed by atoms with Crippen LogP contribution in [0.5, 0.6) is 0 Å². The second kappa shape index (κ2) is 7.87. The molecule has 0 aromatic heterocycles. The number of esters is 2. The molecule has 1 aliphatic heterocycles. The van der Waals surface area contributed by atoms with Gasteiger partial charge in [-0.05, 0) is 31.2 Å². The lowest BCUT2D eigenvalue weighted by Gasteiger charge is -2.29. The maximum atomic E-state index is 12.3. The minimum absolute atomic E-state index is 0.287. The minimum atomic E-state index is -1.57. The Hall–Kier alpha value is -2.74. The van der Waals surface area contributed by atoms with Gasteiger partial charge in [-0.2, -0.15) is 0 Å². The summed E-state index contributed by atoms with van der Waals surface area (Å²) in [4.78, 5) is 24.5. The Bertz CT molecular complexity index is 792. The van der Waals surface area contributed by atoms with E-state index in [-0.39, 0.29) is 12.2 Å². The van der Waals surface area contributed by atoms with Crippen LogP contribution in [0.15, 0.2) is 60.7 Å². The molecule has 0 unspecified atom stereocenters. The SMILES string of the molecule is C[C@]1(COC(=O)c2ccccc2)O[C@H](O)[C@H](O)[C@@H]1OC(=O)c1ccccc1. The molecule has 7 nitrogen and oxygen atoms in total. The van der Waals surface area contributed by atoms with Gasteiger partial charge in [-0.15, -0.1) is 0 Å². The number of carbonyl (C=O) groups is 2. The molecule has 1 saturated heterocycles. The molecular weight excluding hydrogens is 352 g/mol. The fourth-order valence-corrected chi connectivity index (χ4v) is 2.86. The van der Waals surface area contributed by atoms with E-state index in [0.717, 1.165) is 0 Å². The quantitative estimate of drug-likeness (QED) is 0.768. The topological polar surface area (TPSA) is 102 Å². The van der Waals surface area contributed by atoms with Crippen LogP contribution in [-0.2, 0) is 14.2 Å². The van der Waals surface area contributed by atoms with Crippen LogP contribution in [-0.4, -0.2) is 52.9 Å². The van der Waals surface area contributed by atoms with Crippen molar-refractivity contribution < 1.29 is 34.0 Å². The highest BCUT2D eigenvalue weighted by Gasteiger charge is 2.55. The first-order valence-electron chi connectivity index (χ1n) is 8.43. The lowest BCUT2D eigenvalue weighted by molar-refractivity contribution is -0.168. The summed E-state index contributed by atoms with van der Waals surface area (Å²) < 4.78 is 16.0. The largest absolute Gasteiger partial charge is 0.459 e. The van der Waals surface area contributed by atoms with Crippen molar-refractivity contribution in [1.82, 2.24) is 0 Å². The first kappa shape index (κ1) is 19.0. The molecule has 2 aromatic carbocycles. The molecule has 0 saturated carbocycles. The Kier molecular flexibility index (Phi) is 5.55. The van der Waals surface area contributed by atoms with Crippen molar-refractivity contribution in [3.8, 4) is 0 Å². The van der Waals surface area contributed by atoms with E-state index in [1.807, 2.05) is 0 Å². The molecule has 0 radical (unpaired) electrons. The molecule has 0 amide bonds. The molecule has 0 spiro atoms. The van der Waals surface area contributed by atoms with Crippen LogP contribution in [0.1, 0.15) is 27.6 Å². The van der Waals surface area contributed by atoms with Crippen molar-refractivity contribution >= 4 is 11.9 Å². The zero-order valence-corrected chi connectivity index (χ0v) is 14.6. The average molecular weight is 372 g/mol. The van der Waals surface area contributed by atoms with Gasteiger partial charge in [0.25, 0.3) is 0 Å². The molecule has 0 aliphatic carbocycles. The van der Waals surface area contributed by atoms with Crippen molar-refractivity contribution in [3.63, 3.8) is 0 Å². The van der Waals surface area contributed by atoms with E-state index in [1.165, 1.54) is 6.92 Å². The minimum Gasteiger partial charge on any atom is -0.459 e. The number of rotatable bonds is 5. The fraction of sp³-hybridized carbons (Fsp3) is 0.300. The van der Waals surface area contributed by atoms with Crippen LogP contribution in [0.3, 0.4) is 0 Å². The van der Waals surface area contributed by atoms with Crippen LogP contribution in [0.25, 0.3) is 0 Å². The van der Waals surface area contributed by atoms with Gasteiger partial charge in [0.2, 0.25) is 0 Å². The number of carbonyl (C=O) groups excluding carboxylic acids is 2. The van der Waals surface area contributed by atoms with Crippen LogP contribution < -0.4 is 0 Å². The lowest BCUT2D eigenvalue weighted by atomic mass is 9.98. The van der Waals surface area contributed by atoms with Gasteiger partial charge in [0.15, 0.2) is 12.4 Å². The van der Waals surface area contributed by atoms with E-state index in [1.54, 1.807) is 60.7 Å². The molecule has 2 aromatic rings. The summed E-state index contributed by atoms with van der Waals surface area (Å²) in [6.07, 6.45) is -4.26. The van der Waals surface area contributed by atoms with Crippen LogP contribution in [0.2, 0.25) is 0 Å².